The van der Waals surface area contributed by atoms with E-state index in [1.54, 1.807) is 7.11 Å². The van der Waals surface area contributed by atoms with Gasteiger partial charge in [-0.3, -0.25) is 0 Å². The van der Waals surface area contributed by atoms with Gasteiger partial charge in [-0.2, -0.15) is 0 Å². The summed E-state index contributed by atoms with van der Waals surface area (Å²) in [6, 6.07) is 14.4. The fourth-order valence-corrected chi connectivity index (χ4v) is 2.44. The highest BCUT2D eigenvalue weighted by Crippen LogP contribution is 2.28. The number of hydrogen-bond acceptors (Lipinski definition) is 3. The SMILES string of the molecule is COc1ccccc1CNc1ccc2c(c1)N(C)C=C=C2. The van der Waals surface area contributed by atoms with E-state index in [0.29, 0.717) is 0 Å². The molecule has 3 rings (SSSR count). The molecular formula is C18H18N2O. The van der Waals surface area contributed by atoms with E-state index in [9.17, 15) is 0 Å². The zero-order valence-corrected chi connectivity index (χ0v) is 12.3. The minimum absolute atomic E-state index is 0.734. The highest BCUT2D eigenvalue weighted by molar-refractivity contribution is 5.75. The molecule has 1 heterocycles. The van der Waals surface area contributed by atoms with Crippen molar-refractivity contribution in [3.63, 3.8) is 0 Å². The molecule has 1 N–H and O–H groups in total. The number of benzene rings is 2. The van der Waals surface area contributed by atoms with E-state index in [4.69, 9.17) is 4.74 Å². The van der Waals surface area contributed by atoms with Crippen LogP contribution >= 0.6 is 0 Å². The van der Waals surface area contributed by atoms with Crippen molar-refractivity contribution in [1.82, 2.24) is 0 Å². The highest BCUT2D eigenvalue weighted by Gasteiger charge is 2.08. The van der Waals surface area contributed by atoms with Gasteiger partial charge in [-0.25, -0.2) is 0 Å². The second kappa shape index (κ2) is 5.78. The molecule has 0 atom stereocenters. The van der Waals surface area contributed by atoms with Gasteiger partial charge < -0.3 is 15.0 Å². The Labute approximate surface area is 125 Å². The van der Waals surface area contributed by atoms with Crippen molar-refractivity contribution in [1.29, 1.82) is 0 Å². The summed E-state index contributed by atoms with van der Waals surface area (Å²) < 4.78 is 5.37. The lowest BCUT2D eigenvalue weighted by atomic mass is 10.1. The molecule has 0 aliphatic carbocycles. The van der Waals surface area contributed by atoms with Gasteiger partial charge in [0.2, 0.25) is 0 Å². The summed E-state index contributed by atoms with van der Waals surface area (Å²) in [5, 5.41) is 3.45. The van der Waals surface area contributed by atoms with Gasteiger partial charge in [0.25, 0.3) is 0 Å². The Morgan fingerprint density at radius 3 is 2.90 bits per heavy atom. The Morgan fingerprint density at radius 1 is 1.19 bits per heavy atom. The van der Waals surface area contributed by atoms with Crippen LogP contribution in [-0.4, -0.2) is 14.2 Å². The van der Waals surface area contributed by atoms with E-state index < -0.39 is 0 Å². The fourth-order valence-electron chi connectivity index (χ4n) is 2.44. The van der Waals surface area contributed by atoms with Crippen LogP contribution in [0.1, 0.15) is 11.1 Å². The third kappa shape index (κ3) is 2.78. The number of nitrogens with zero attached hydrogens (tertiary/aromatic N) is 1. The average Bonchev–Trinajstić information content (AvgIpc) is 2.54. The summed E-state index contributed by atoms with van der Waals surface area (Å²) in [5.74, 6) is 0.908. The summed E-state index contributed by atoms with van der Waals surface area (Å²) >= 11 is 0. The van der Waals surface area contributed by atoms with Crippen molar-refractivity contribution in [2.24, 2.45) is 0 Å². The van der Waals surface area contributed by atoms with Gasteiger partial charge in [0.1, 0.15) is 5.75 Å². The third-order valence-corrected chi connectivity index (χ3v) is 3.59. The third-order valence-electron chi connectivity index (χ3n) is 3.59. The van der Waals surface area contributed by atoms with Gasteiger partial charge in [0.15, 0.2) is 0 Å². The van der Waals surface area contributed by atoms with Gasteiger partial charge >= 0.3 is 0 Å². The van der Waals surface area contributed by atoms with E-state index >= 15 is 0 Å². The molecule has 0 fully saturated rings. The van der Waals surface area contributed by atoms with Crippen LogP contribution in [0.25, 0.3) is 6.08 Å². The quantitative estimate of drug-likeness (QED) is 0.859. The number of nitrogens with one attached hydrogen (secondary N) is 1. The smallest absolute Gasteiger partial charge is 0.123 e. The minimum Gasteiger partial charge on any atom is -0.496 e. The number of anilines is 2. The Morgan fingerprint density at radius 2 is 2.05 bits per heavy atom. The topological polar surface area (TPSA) is 24.5 Å². The number of para-hydroxylation sites is 1. The average molecular weight is 278 g/mol. The van der Waals surface area contributed by atoms with Crippen molar-refractivity contribution in [2.75, 3.05) is 24.4 Å². The molecule has 21 heavy (non-hydrogen) atoms. The van der Waals surface area contributed by atoms with Crippen LogP contribution < -0.4 is 15.0 Å². The molecule has 0 aromatic heterocycles. The van der Waals surface area contributed by atoms with E-state index in [2.05, 4.69) is 40.2 Å². The maximum Gasteiger partial charge on any atom is 0.123 e. The molecule has 0 spiro atoms. The molecule has 0 bridgehead atoms. The molecular weight excluding hydrogens is 260 g/mol. The minimum atomic E-state index is 0.734. The first-order valence-corrected chi connectivity index (χ1v) is 6.93. The summed E-state index contributed by atoms with van der Waals surface area (Å²) in [4.78, 5) is 2.07. The molecule has 106 valence electrons. The largest absolute Gasteiger partial charge is 0.496 e. The zero-order chi connectivity index (χ0) is 14.7. The monoisotopic (exact) mass is 278 g/mol. The van der Waals surface area contributed by atoms with Gasteiger partial charge in [0, 0.05) is 36.6 Å². The molecule has 3 heteroatoms. The second-order valence-corrected chi connectivity index (χ2v) is 4.99. The van der Waals surface area contributed by atoms with Crippen molar-refractivity contribution < 1.29 is 4.74 Å². The van der Waals surface area contributed by atoms with Crippen LogP contribution in [-0.2, 0) is 6.54 Å². The molecule has 0 unspecified atom stereocenters. The first-order valence-electron chi connectivity index (χ1n) is 6.93. The maximum absolute atomic E-state index is 5.37. The summed E-state index contributed by atoms with van der Waals surface area (Å²) in [6.07, 6.45) is 3.94. The van der Waals surface area contributed by atoms with Crippen molar-refractivity contribution >= 4 is 17.5 Å². The Kier molecular flexibility index (Phi) is 3.67. The lowest BCUT2D eigenvalue weighted by Crippen LogP contribution is -2.11. The molecule has 1 aliphatic rings. The first kappa shape index (κ1) is 13.3. The van der Waals surface area contributed by atoms with Crippen LogP contribution in [0.3, 0.4) is 0 Å². The summed E-state index contributed by atoms with van der Waals surface area (Å²) in [6.45, 7) is 0.734. The molecule has 0 saturated heterocycles. The molecule has 0 saturated carbocycles. The van der Waals surface area contributed by atoms with Crippen LogP contribution in [0, 0.1) is 0 Å². The van der Waals surface area contributed by atoms with Crippen LogP contribution in [0.15, 0.2) is 54.4 Å². The van der Waals surface area contributed by atoms with Crippen molar-refractivity contribution in [2.45, 2.75) is 6.54 Å². The standard InChI is InChI=1S/C18H18N2O/c1-20-11-5-7-14-9-10-16(12-17(14)20)19-13-15-6-3-4-8-18(15)21-2/h3-4,6-12,19H,13H2,1-2H3. The normalized spacial score (nSPS) is 12.2. The molecule has 3 nitrogen and oxygen atoms in total. The lowest BCUT2D eigenvalue weighted by molar-refractivity contribution is 0.410. The van der Waals surface area contributed by atoms with E-state index in [1.807, 2.05) is 37.5 Å². The van der Waals surface area contributed by atoms with Crippen molar-refractivity contribution in [3.8, 4) is 5.75 Å². The van der Waals surface area contributed by atoms with Gasteiger partial charge in [0.05, 0.1) is 12.8 Å². The zero-order valence-electron chi connectivity index (χ0n) is 12.3. The van der Waals surface area contributed by atoms with Crippen LogP contribution in [0.4, 0.5) is 11.4 Å². The van der Waals surface area contributed by atoms with Gasteiger partial charge in [-0.1, -0.05) is 24.3 Å². The molecule has 2 aromatic rings. The molecule has 0 amide bonds. The number of ether oxygens (including phenoxy) is 1. The highest BCUT2D eigenvalue weighted by atomic mass is 16.5. The predicted molar refractivity (Wildman–Crippen MR) is 87.7 cm³/mol. The van der Waals surface area contributed by atoms with Crippen LogP contribution in [0.2, 0.25) is 0 Å². The van der Waals surface area contributed by atoms with Gasteiger partial charge in [-0.15, -0.1) is 5.73 Å². The summed E-state index contributed by atoms with van der Waals surface area (Å²) in [7, 11) is 3.73. The fraction of sp³-hybridized carbons (Fsp3) is 0.167. The molecule has 2 aromatic carbocycles. The second-order valence-electron chi connectivity index (χ2n) is 4.99. The van der Waals surface area contributed by atoms with Gasteiger partial charge in [-0.05, 0) is 24.3 Å². The van der Waals surface area contributed by atoms with E-state index in [1.165, 1.54) is 11.3 Å². The number of methoxy groups -OCH3 is 1. The number of fused-ring (bicyclic) bond motifs is 1. The maximum atomic E-state index is 5.37. The molecule has 1 aliphatic heterocycles. The van der Waals surface area contributed by atoms with E-state index in [0.717, 1.165) is 23.5 Å². The number of rotatable bonds is 4. The van der Waals surface area contributed by atoms with E-state index in [-0.39, 0.29) is 0 Å². The Hall–Kier alpha value is -2.64. The van der Waals surface area contributed by atoms with Crippen LogP contribution in [0.5, 0.6) is 5.75 Å². The first-order chi connectivity index (χ1) is 10.3. The predicted octanol–water partition coefficient (Wildman–Crippen LogP) is 3.88. The Bertz CT molecular complexity index is 715. The lowest BCUT2D eigenvalue weighted by Gasteiger charge is -2.20. The molecule has 0 radical (unpaired) electrons. The number of hydrogen-bond donors (Lipinski definition) is 1. The van der Waals surface area contributed by atoms with Crippen molar-refractivity contribution in [3.05, 3.63) is 65.5 Å². The Balaban J connectivity index is 1.78. The summed E-state index contributed by atoms with van der Waals surface area (Å²) in [5.41, 5.74) is 7.72.